The van der Waals surface area contributed by atoms with Crippen LogP contribution < -0.4 is 0 Å². The van der Waals surface area contributed by atoms with Gasteiger partial charge < -0.3 is 0 Å². The molecule has 0 amide bonds. The molecular formula is C45H30N2. The molecule has 0 radical (unpaired) electrons. The highest BCUT2D eigenvalue weighted by Gasteiger charge is 2.21. The molecule has 0 atom stereocenters. The molecule has 0 aliphatic heterocycles. The van der Waals surface area contributed by atoms with Crippen molar-refractivity contribution in [3.05, 3.63) is 182 Å². The Morgan fingerprint density at radius 1 is 0.426 bits per heavy atom. The molecule has 0 bridgehead atoms. The van der Waals surface area contributed by atoms with E-state index in [1.807, 2.05) is 138 Å². The molecule has 2 nitrogen and oxygen atoms in total. The third kappa shape index (κ3) is 4.54. The number of fused-ring (bicyclic) bond motifs is 3. The Hall–Kier alpha value is -6.25. The van der Waals surface area contributed by atoms with Crippen molar-refractivity contribution in [1.29, 1.82) is 0 Å². The molecule has 0 unspecified atom stereocenters. The third-order valence-electron chi connectivity index (χ3n) is 8.66. The molecule has 1 heterocycles. The summed E-state index contributed by atoms with van der Waals surface area (Å²) in [5.41, 5.74) is 6.57. The molecule has 1 aromatic heterocycles. The van der Waals surface area contributed by atoms with Crippen LogP contribution in [-0.2, 0) is 0 Å². The zero-order valence-electron chi connectivity index (χ0n) is 33.1. The topological polar surface area (TPSA) is 17.8 Å². The van der Waals surface area contributed by atoms with E-state index in [0.717, 1.165) is 27.7 Å². The number of hydrogen-bond acceptors (Lipinski definition) is 1. The Bertz CT molecular complexity index is 2920. The summed E-state index contributed by atoms with van der Waals surface area (Å²) in [5, 5.41) is 0.645. The van der Waals surface area contributed by atoms with E-state index in [1.54, 1.807) is 0 Å². The first kappa shape index (κ1) is 20.0. The third-order valence-corrected chi connectivity index (χ3v) is 8.66. The van der Waals surface area contributed by atoms with Crippen molar-refractivity contribution in [3.8, 4) is 50.5 Å². The summed E-state index contributed by atoms with van der Waals surface area (Å²) >= 11 is 0. The maximum absolute atomic E-state index is 9.47. The number of imidazole rings is 1. The number of nitrogens with zero attached hydrogens (tertiary/aromatic N) is 2. The van der Waals surface area contributed by atoms with Crippen LogP contribution in [0.4, 0.5) is 0 Å². The van der Waals surface area contributed by atoms with E-state index >= 15 is 0 Å². The number of benzene rings is 8. The minimum absolute atomic E-state index is 0.156. The lowest BCUT2D eigenvalue weighted by molar-refractivity contribution is 1.10. The minimum Gasteiger partial charge on any atom is -0.292 e. The fourth-order valence-electron chi connectivity index (χ4n) is 6.57. The lowest BCUT2D eigenvalue weighted by Crippen LogP contribution is -2.01. The maximum Gasteiger partial charge on any atom is 0.145 e. The summed E-state index contributed by atoms with van der Waals surface area (Å²) in [6.07, 6.45) is 0. The first-order valence-electron chi connectivity index (χ1n) is 19.4. The van der Waals surface area contributed by atoms with Crippen LogP contribution >= 0.6 is 0 Å². The van der Waals surface area contributed by atoms with Crippen molar-refractivity contribution in [2.45, 2.75) is 0 Å². The highest BCUT2D eigenvalue weighted by atomic mass is 15.1. The summed E-state index contributed by atoms with van der Waals surface area (Å²) in [5.74, 6) is 0.641. The van der Waals surface area contributed by atoms with Crippen LogP contribution in [0.15, 0.2) is 182 Å². The van der Waals surface area contributed by atoms with E-state index in [4.69, 9.17) is 10.5 Å². The standard InChI is InChI=1S/C45H30N2/c1-3-15-31(16-4-1)32-27-29-33(30-28-32)43-35-19-7-9-21-37(35)44(38-22-10-8-20-36(38)43)39-23-11-13-25-41(39)47-42-26-14-12-24-40(42)46-45(47)34-17-5-2-6-18-34/h1-30H/i7D,8D,9D,10D,19D,20D,21D,22D. The van der Waals surface area contributed by atoms with E-state index in [9.17, 15) is 5.48 Å². The van der Waals surface area contributed by atoms with Gasteiger partial charge >= 0.3 is 0 Å². The molecular weight excluding hydrogens is 569 g/mol. The van der Waals surface area contributed by atoms with Gasteiger partial charge in [0.1, 0.15) is 5.82 Å². The molecule has 8 aromatic carbocycles. The first-order valence-corrected chi connectivity index (χ1v) is 15.4. The van der Waals surface area contributed by atoms with Crippen molar-refractivity contribution < 1.29 is 11.0 Å². The van der Waals surface area contributed by atoms with Gasteiger partial charge in [-0.2, -0.15) is 0 Å². The first-order chi connectivity index (χ1) is 26.7. The van der Waals surface area contributed by atoms with Crippen LogP contribution in [-0.4, -0.2) is 9.55 Å². The van der Waals surface area contributed by atoms with E-state index < -0.39 is 24.2 Å². The highest BCUT2D eigenvalue weighted by molar-refractivity contribution is 6.22. The molecule has 220 valence electrons. The van der Waals surface area contributed by atoms with Gasteiger partial charge in [0.25, 0.3) is 0 Å². The number of hydrogen-bond donors (Lipinski definition) is 0. The van der Waals surface area contributed by atoms with Crippen LogP contribution in [0.1, 0.15) is 11.0 Å². The molecule has 0 aliphatic carbocycles. The van der Waals surface area contributed by atoms with Crippen LogP contribution in [0, 0.1) is 0 Å². The molecule has 0 saturated carbocycles. The Morgan fingerprint density at radius 2 is 0.915 bits per heavy atom. The molecule has 9 aromatic rings. The Kier molecular flexibility index (Phi) is 4.80. The second kappa shape index (κ2) is 11.3. The SMILES string of the molecule is [2H]c1c([2H])c([2H])c2c(-c3ccccc3-n3c(-c4ccccc4)nc4ccccc43)c3c([2H])c([2H])c([2H])c([2H])c3c(-c3ccc(-c4ccccc4)cc3)c2c1[2H]. The molecule has 47 heavy (non-hydrogen) atoms. The Morgan fingerprint density at radius 3 is 1.57 bits per heavy atom. The van der Waals surface area contributed by atoms with Crippen LogP contribution in [0.25, 0.3) is 83.0 Å². The molecule has 0 N–H and O–H groups in total. The Labute approximate surface area is 285 Å². The fourth-order valence-corrected chi connectivity index (χ4v) is 6.57. The van der Waals surface area contributed by atoms with Crippen molar-refractivity contribution in [2.75, 3.05) is 0 Å². The van der Waals surface area contributed by atoms with E-state index in [-0.39, 0.29) is 51.3 Å². The van der Waals surface area contributed by atoms with Crippen LogP contribution in [0.3, 0.4) is 0 Å². The van der Waals surface area contributed by atoms with Gasteiger partial charge in [-0.1, -0.05) is 164 Å². The van der Waals surface area contributed by atoms with Crippen molar-refractivity contribution in [1.82, 2.24) is 9.55 Å². The summed E-state index contributed by atoms with van der Waals surface area (Å²) in [4.78, 5) is 5.04. The second-order valence-electron chi connectivity index (χ2n) is 11.3. The van der Waals surface area contributed by atoms with Gasteiger partial charge in [-0.3, -0.25) is 4.57 Å². The average molecular weight is 607 g/mol. The second-order valence-corrected chi connectivity index (χ2v) is 11.3. The van der Waals surface area contributed by atoms with Gasteiger partial charge in [0.05, 0.1) is 27.7 Å². The summed E-state index contributed by atoms with van der Waals surface area (Å²) < 4.78 is 75.2. The van der Waals surface area contributed by atoms with Crippen molar-refractivity contribution in [2.24, 2.45) is 0 Å². The van der Waals surface area contributed by atoms with E-state index in [2.05, 4.69) is 0 Å². The normalized spacial score (nSPS) is 13.8. The van der Waals surface area contributed by atoms with Crippen LogP contribution in [0.5, 0.6) is 0 Å². The molecule has 0 spiro atoms. The minimum atomic E-state index is -0.445. The molecule has 0 fully saturated rings. The molecule has 9 rings (SSSR count). The van der Waals surface area contributed by atoms with Gasteiger partial charge in [-0.05, 0) is 67.6 Å². The summed E-state index contributed by atoms with van der Waals surface area (Å²) in [7, 11) is 0. The zero-order chi connectivity index (χ0) is 38.1. The summed E-state index contributed by atoms with van der Waals surface area (Å²) in [6.45, 7) is 0. The molecule has 0 saturated heterocycles. The van der Waals surface area contributed by atoms with Crippen molar-refractivity contribution in [3.63, 3.8) is 0 Å². The monoisotopic (exact) mass is 606 g/mol. The number of rotatable bonds is 5. The fraction of sp³-hybridized carbons (Fsp3) is 0. The van der Waals surface area contributed by atoms with Gasteiger partial charge in [0.15, 0.2) is 0 Å². The van der Waals surface area contributed by atoms with Gasteiger partial charge in [-0.25, -0.2) is 4.98 Å². The predicted molar refractivity (Wildman–Crippen MR) is 198 cm³/mol. The van der Waals surface area contributed by atoms with E-state index in [0.29, 0.717) is 28.2 Å². The largest absolute Gasteiger partial charge is 0.292 e. The Balaban J connectivity index is 1.48. The summed E-state index contributed by atoms with van der Waals surface area (Å²) in [6, 6.07) is 39.2. The number of para-hydroxylation sites is 3. The molecule has 2 heteroatoms. The van der Waals surface area contributed by atoms with Crippen LogP contribution in [0.2, 0.25) is 0 Å². The maximum atomic E-state index is 9.47. The predicted octanol–water partition coefficient (Wildman–Crippen LogP) is 12.0. The molecule has 0 aliphatic rings. The lowest BCUT2D eigenvalue weighted by Gasteiger charge is -2.21. The van der Waals surface area contributed by atoms with Gasteiger partial charge in [-0.15, -0.1) is 0 Å². The smallest absolute Gasteiger partial charge is 0.145 e. The number of aromatic nitrogens is 2. The van der Waals surface area contributed by atoms with Crippen molar-refractivity contribution >= 4 is 32.6 Å². The van der Waals surface area contributed by atoms with E-state index in [1.165, 1.54) is 0 Å². The van der Waals surface area contributed by atoms with Gasteiger partial charge in [0, 0.05) is 11.1 Å². The highest BCUT2D eigenvalue weighted by Crippen LogP contribution is 2.46. The van der Waals surface area contributed by atoms with Gasteiger partial charge in [0.2, 0.25) is 0 Å². The zero-order valence-corrected chi connectivity index (χ0v) is 25.1. The quantitative estimate of drug-likeness (QED) is 0.178. The lowest BCUT2D eigenvalue weighted by atomic mass is 9.85. The average Bonchev–Trinajstić information content (AvgIpc) is 3.62.